The third-order valence-electron chi connectivity index (χ3n) is 3.34. The van der Waals surface area contributed by atoms with Crippen LogP contribution in [0.15, 0.2) is 22.7 Å². The van der Waals surface area contributed by atoms with Crippen molar-refractivity contribution in [2.75, 3.05) is 19.7 Å². The molecule has 1 heterocycles. The summed E-state index contributed by atoms with van der Waals surface area (Å²) in [7, 11) is 0. The van der Waals surface area contributed by atoms with Crippen molar-refractivity contribution in [3.05, 3.63) is 38.3 Å². The van der Waals surface area contributed by atoms with Gasteiger partial charge < -0.3 is 10.1 Å². The molecule has 1 N–H and O–H groups in total. The highest BCUT2D eigenvalue weighted by atomic mass is 79.9. The van der Waals surface area contributed by atoms with Crippen molar-refractivity contribution in [3.8, 4) is 0 Å². The SMILES string of the molecule is O=[N+]([O-])c1ccc(COCCC2CCNC2)c(Br)c1. The third kappa shape index (κ3) is 4.26. The van der Waals surface area contributed by atoms with Crippen LogP contribution in [0, 0.1) is 16.0 Å². The number of benzene rings is 1. The monoisotopic (exact) mass is 328 g/mol. The summed E-state index contributed by atoms with van der Waals surface area (Å²) in [5, 5.41) is 13.9. The number of non-ortho nitro benzene ring substituents is 1. The number of nitrogens with zero attached hydrogens (tertiary/aromatic N) is 1. The van der Waals surface area contributed by atoms with Crippen molar-refractivity contribution in [2.45, 2.75) is 19.4 Å². The first-order chi connectivity index (χ1) is 9.16. The molecule has 6 heteroatoms. The third-order valence-corrected chi connectivity index (χ3v) is 4.08. The number of rotatable bonds is 6. The van der Waals surface area contributed by atoms with Gasteiger partial charge in [0.15, 0.2) is 0 Å². The molecular formula is C13H17BrN2O3. The Labute approximate surface area is 120 Å². The summed E-state index contributed by atoms with van der Waals surface area (Å²) in [5.74, 6) is 0.723. The van der Waals surface area contributed by atoms with E-state index in [0.717, 1.165) is 42.1 Å². The first-order valence-electron chi connectivity index (χ1n) is 6.38. The van der Waals surface area contributed by atoms with Crippen LogP contribution < -0.4 is 5.32 Å². The Balaban J connectivity index is 1.77. The highest BCUT2D eigenvalue weighted by Gasteiger charge is 2.14. The number of ether oxygens (including phenoxy) is 1. The number of nitro groups is 1. The molecule has 1 unspecified atom stereocenters. The van der Waals surface area contributed by atoms with Gasteiger partial charge in [0.2, 0.25) is 0 Å². The molecule has 19 heavy (non-hydrogen) atoms. The Morgan fingerprint density at radius 2 is 2.37 bits per heavy atom. The maximum Gasteiger partial charge on any atom is 0.270 e. The van der Waals surface area contributed by atoms with E-state index >= 15 is 0 Å². The molecule has 1 aromatic rings. The lowest BCUT2D eigenvalue weighted by molar-refractivity contribution is -0.384. The summed E-state index contributed by atoms with van der Waals surface area (Å²) < 4.78 is 6.36. The zero-order chi connectivity index (χ0) is 13.7. The predicted octanol–water partition coefficient (Wildman–Crippen LogP) is 2.87. The number of hydrogen-bond donors (Lipinski definition) is 1. The van der Waals surface area contributed by atoms with E-state index in [9.17, 15) is 10.1 Å². The molecule has 0 amide bonds. The first kappa shape index (κ1) is 14.4. The Kier molecular flexibility index (Phi) is 5.30. The van der Waals surface area contributed by atoms with Crippen molar-refractivity contribution >= 4 is 21.6 Å². The fourth-order valence-electron chi connectivity index (χ4n) is 2.16. The van der Waals surface area contributed by atoms with Crippen LogP contribution in [0.2, 0.25) is 0 Å². The van der Waals surface area contributed by atoms with Gasteiger partial charge in [-0.15, -0.1) is 0 Å². The van der Waals surface area contributed by atoms with Crippen LogP contribution in [-0.2, 0) is 11.3 Å². The standard InChI is InChI=1S/C13H17BrN2O3/c14-13-7-12(16(17)18)2-1-11(13)9-19-6-4-10-3-5-15-8-10/h1-2,7,10,15H,3-6,8-9H2. The van der Waals surface area contributed by atoms with E-state index in [1.807, 2.05) is 0 Å². The molecular weight excluding hydrogens is 312 g/mol. The van der Waals surface area contributed by atoms with E-state index in [1.54, 1.807) is 6.07 Å². The molecule has 0 saturated carbocycles. The van der Waals surface area contributed by atoms with Crippen LogP contribution in [0.1, 0.15) is 18.4 Å². The average Bonchev–Trinajstić information content (AvgIpc) is 2.89. The predicted molar refractivity (Wildman–Crippen MR) is 76.0 cm³/mol. The quantitative estimate of drug-likeness (QED) is 0.495. The molecule has 1 fully saturated rings. The summed E-state index contributed by atoms with van der Waals surface area (Å²) in [4.78, 5) is 10.2. The molecule has 1 aliphatic rings. The van der Waals surface area contributed by atoms with Crippen molar-refractivity contribution in [1.82, 2.24) is 5.32 Å². The van der Waals surface area contributed by atoms with E-state index in [4.69, 9.17) is 4.74 Å². The van der Waals surface area contributed by atoms with E-state index in [0.29, 0.717) is 6.61 Å². The van der Waals surface area contributed by atoms with Gasteiger partial charge in [-0.1, -0.05) is 15.9 Å². The van der Waals surface area contributed by atoms with E-state index in [2.05, 4.69) is 21.2 Å². The van der Waals surface area contributed by atoms with E-state index < -0.39 is 4.92 Å². The molecule has 0 aromatic heterocycles. The molecule has 1 aliphatic heterocycles. The summed E-state index contributed by atoms with van der Waals surface area (Å²) in [6.45, 7) is 3.41. The van der Waals surface area contributed by atoms with Crippen LogP contribution >= 0.6 is 15.9 Å². The lowest BCUT2D eigenvalue weighted by Crippen LogP contribution is -2.10. The summed E-state index contributed by atoms with van der Waals surface area (Å²) in [6, 6.07) is 4.75. The van der Waals surface area contributed by atoms with Gasteiger partial charge in [-0.25, -0.2) is 0 Å². The normalized spacial score (nSPS) is 18.7. The molecule has 0 radical (unpaired) electrons. The highest BCUT2D eigenvalue weighted by Crippen LogP contribution is 2.23. The molecule has 1 saturated heterocycles. The zero-order valence-electron chi connectivity index (χ0n) is 10.6. The van der Waals surface area contributed by atoms with Crippen molar-refractivity contribution < 1.29 is 9.66 Å². The van der Waals surface area contributed by atoms with Gasteiger partial charge in [0.05, 0.1) is 11.5 Å². The minimum atomic E-state index is -0.400. The van der Waals surface area contributed by atoms with Gasteiger partial charge in [-0.3, -0.25) is 10.1 Å². The number of halogens is 1. The van der Waals surface area contributed by atoms with Crippen LogP contribution in [-0.4, -0.2) is 24.6 Å². The lowest BCUT2D eigenvalue weighted by Gasteiger charge is -2.09. The number of nitro benzene ring substituents is 1. The second kappa shape index (κ2) is 6.98. The maximum atomic E-state index is 10.6. The van der Waals surface area contributed by atoms with Crippen molar-refractivity contribution in [1.29, 1.82) is 0 Å². The maximum absolute atomic E-state index is 10.6. The summed E-state index contributed by atoms with van der Waals surface area (Å²) >= 11 is 3.34. The Morgan fingerprint density at radius 1 is 1.53 bits per heavy atom. The second-order valence-corrected chi connectivity index (χ2v) is 5.59. The Hall–Kier alpha value is -0.980. The van der Waals surface area contributed by atoms with Gasteiger partial charge >= 0.3 is 0 Å². The summed E-state index contributed by atoms with van der Waals surface area (Å²) in [6.07, 6.45) is 2.29. The first-order valence-corrected chi connectivity index (χ1v) is 7.17. The van der Waals surface area contributed by atoms with Gasteiger partial charge in [-0.2, -0.15) is 0 Å². The Morgan fingerprint density at radius 3 is 3.00 bits per heavy atom. The fourth-order valence-corrected chi connectivity index (χ4v) is 2.64. The highest BCUT2D eigenvalue weighted by molar-refractivity contribution is 9.10. The molecule has 1 aromatic carbocycles. The zero-order valence-corrected chi connectivity index (χ0v) is 12.2. The number of nitrogens with one attached hydrogen (secondary N) is 1. The van der Waals surface area contributed by atoms with Crippen molar-refractivity contribution in [3.63, 3.8) is 0 Å². The molecule has 0 spiro atoms. The summed E-state index contributed by atoms with van der Waals surface area (Å²) in [5.41, 5.74) is 1.03. The van der Waals surface area contributed by atoms with Crippen LogP contribution in [0.25, 0.3) is 0 Å². The van der Waals surface area contributed by atoms with Gasteiger partial charge in [0.1, 0.15) is 0 Å². The minimum Gasteiger partial charge on any atom is -0.377 e. The molecule has 2 rings (SSSR count). The fraction of sp³-hybridized carbons (Fsp3) is 0.538. The second-order valence-electron chi connectivity index (χ2n) is 4.73. The minimum absolute atomic E-state index is 0.0904. The molecule has 0 aliphatic carbocycles. The van der Waals surface area contributed by atoms with Crippen LogP contribution in [0.4, 0.5) is 5.69 Å². The van der Waals surface area contributed by atoms with Crippen LogP contribution in [0.5, 0.6) is 0 Å². The number of hydrogen-bond acceptors (Lipinski definition) is 4. The largest absolute Gasteiger partial charge is 0.377 e. The molecule has 1 atom stereocenters. The lowest BCUT2D eigenvalue weighted by atomic mass is 10.1. The topological polar surface area (TPSA) is 64.4 Å². The Bertz CT molecular complexity index is 448. The van der Waals surface area contributed by atoms with Crippen LogP contribution in [0.3, 0.4) is 0 Å². The van der Waals surface area contributed by atoms with Gasteiger partial charge in [0.25, 0.3) is 5.69 Å². The van der Waals surface area contributed by atoms with Crippen molar-refractivity contribution in [2.24, 2.45) is 5.92 Å². The van der Waals surface area contributed by atoms with Gasteiger partial charge in [-0.05, 0) is 43.5 Å². The molecule has 5 nitrogen and oxygen atoms in total. The smallest absolute Gasteiger partial charge is 0.270 e. The van der Waals surface area contributed by atoms with E-state index in [-0.39, 0.29) is 5.69 Å². The molecule has 0 bridgehead atoms. The van der Waals surface area contributed by atoms with Gasteiger partial charge in [0, 0.05) is 23.2 Å². The van der Waals surface area contributed by atoms with E-state index in [1.165, 1.54) is 18.6 Å². The average molecular weight is 329 g/mol. The molecule has 104 valence electrons.